The fourth-order valence-electron chi connectivity index (χ4n) is 2.63. The molecule has 1 aromatic carbocycles. The highest BCUT2D eigenvalue weighted by Gasteiger charge is 2.33. The quantitative estimate of drug-likeness (QED) is 0.904. The van der Waals surface area contributed by atoms with Gasteiger partial charge in [0.2, 0.25) is 10.0 Å². The maximum atomic E-state index is 12.6. The van der Waals surface area contributed by atoms with E-state index in [-0.39, 0.29) is 11.4 Å². The minimum atomic E-state index is -3.59. The zero-order valence-electron chi connectivity index (χ0n) is 12.2. The van der Waals surface area contributed by atoms with Gasteiger partial charge in [-0.2, -0.15) is 4.31 Å². The summed E-state index contributed by atoms with van der Waals surface area (Å²) in [4.78, 5) is 11.3. The smallest absolute Gasteiger partial charge is 0.307 e. The molecule has 1 unspecified atom stereocenters. The van der Waals surface area contributed by atoms with E-state index in [0.29, 0.717) is 19.4 Å². The Morgan fingerprint density at radius 1 is 1.33 bits per heavy atom. The summed E-state index contributed by atoms with van der Waals surface area (Å²) in [6.07, 6.45) is 3.06. The van der Waals surface area contributed by atoms with Crippen molar-refractivity contribution in [2.75, 3.05) is 13.1 Å². The maximum Gasteiger partial charge on any atom is 0.307 e. The molecule has 1 aliphatic rings. The highest BCUT2D eigenvalue weighted by molar-refractivity contribution is 7.89. The Kier molecular flexibility index (Phi) is 5.00. The van der Waals surface area contributed by atoms with E-state index in [2.05, 4.69) is 6.92 Å². The molecule has 116 valence electrons. The van der Waals surface area contributed by atoms with E-state index in [4.69, 9.17) is 5.11 Å². The summed E-state index contributed by atoms with van der Waals surface area (Å²) in [5, 5.41) is 9.07. The van der Waals surface area contributed by atoms with Crippen LogP contribution < -0.4 is 0 Å². The number of carboxylic acid groups (broad SMARTS) is 1. The Bertz CT molecular complexity index is 595. The third kappa shape index (κ3) is 3.63. The van der Waals surface area contributed by atoms with E-state index in [0.717, 1.165) is 18.4 Å². The summed E-state index contributed by atoms with van der Waals surface area (Å²) >= 11 is 0. The SMILES string of the molecule is CCCc1ccc(S(=O)(=O)N2CCCC(C(=O)O)C2)cc1. The lowest BCUT2D eigenvalue weighted by Gasteiger charge is -2.29. The van der Waals surface area contributed by atoms with Gasteiger partial charge >= 0.3 is 5.97 Å². The molecule has 1 heterocycles. The van der Waals surface area contributed by atoms with E-state index < -0.39 is 21.9 Å². The molecule has 1 aliphatic heterocycles. The van der Waals surface area contributed by atoms with Crippen LogP contribution in [0, 0.1) is 5.92 Å². The molecule has 6 heteroatoms. The fraction of sp³-hybridized carbons (Fsp3) is 0.533. The molecular weight excluding hydrogens is 290 g/mol. The summed E-state index contributed by atoms with van der Waals surface area (Å²) in [7, 11) is -3.59. The lowest BCUT2D eigenvalue weighted by atomic mass is 10.0. The van der Waals surface area contributed by atoms with Gasteiger partial charge in [-0.15, -0.1) is 0 Å². The molecule has 1 aromatic rings. The second-order valence-electron chi connectivity index (χ2n) is 5.43. The van der Waals surface area contributed by atoms with Gasteiger partial charge in [0.25, 0.3) is 0 Å². The van der Waals surface area contributed by atoms with Gasteiger partial charge in [-0.05, 0) is 37.0 Å². The largest absolute Gasteiger partial charge is 0.481 e. The van der Waals surface area contributed by atoms with Crippen molar-refractivity contribution in [3.8, 4) is 0 Å². The van der Waals surface area contributed by atoms with E-state index in [1.807, 2.05) is 12.1 Å². The van der Waals surface area contributed by atoms with Crippen molar-refractivity contribution in [3.63, 3.8) is 0 Å². The fourth-order valence-corrected chi connectivity index (χ4v) is 4.15. The molecule has 5 nitrogen and oxygen atoms in total. The van der Waals surface area contributed by atoms with E-state index in [9.17, 15) is 13.2 Å². The molecule has 2 rings (SSSR count). The van der Waals surface area contributed by atoms with Crippen LogP contribution in [0.1, 0.15) is 31.7 Å². The van der Waals surface area contributed by atoms with Crippen molar-refractivity contribution < 1.29 is 18.3 Å². The van der Waals surface area contributed by atoms with Crippen molar-refractivity contribution >= 4 is 16.0 Å². The van der Waals surface area contributed by atoms with Gasteiger partial charge in [-0.25, -0.2) is 8.42 Å². The van der Waals surface area contributed by atoms with Crippen LogP contribution in [0.3, 0.4) is 0 Å². The van der Waals surface area contributed by atoms with Gasteiger partial charge in [0.05, 0.1) is 10.8 Å². The molecule has 0 radical (unpaired) electrons. The number of hydrogen-bond donors (Lipinski definition) is 1. The average Bonchev–Trinajstić information content (AvgIpc) is 2.48. The van der Waals surface area contributed by atoms with Crippen LogP contribution >= 0.6 is 0 Å². The van der Waals surface area contributed by atoms with Gasteiger partial charge in [0.1, 0.15) is 0 Å². The minimum Gasteiger partial charge on any atom is -0.481 e. The molecule has 21 heavy (non-hydrogen) atoms. The summed E-state index contributed by atoms with van der Waals surface area (Å²) in [5.74, 6) is -1.53. The van der Waals surface area contributed by atoms with Crippen LogP contribution in [0.15, 0.2) is 29.2 Å². The molecule has 0 spiro atoms. The van der Waals surface area contributed by atoms with Crippen LogP contribution in [-0.4, -0.2) is 36.9 Å². The lowest BCUT2D eigenvalue weighted by molar-refractivity contribution is -0.142. The molecule has 1 saturated heterocycles. The third-order valence-electron chi connectivity index (χ3n) is 3.83. The first-order chi connectivity index (χ1) is 9.95. The van der Waals surface area contributed by atoms with Crippen LogP contribution in [0.5, 0.6) is 0 Å². The Morgan fingerprint density at radius 2 is 2.00 bits per heavy atom. The Balaban J connectivity index is 2.18. The number of piperidine rings is 1. The van der Waals surface area contributed by atoms with Gasteiger partial charge in [-0.3, -0.25) is 4.79 Å². The molecule has 0 amide bonds. The first kappa shape index (κ1) is 16.0. The van der Waals surface area contributed by atoms with E-state index in [1.165, 1.54) is 4.31 Å². The lowest BCUT2D eigenvalue weighted by Crippen LogP contribution is -2.42. The van der Waals surface area contributed by atoms with Gasteiger partial charge in [-0.1, -0.05) is 25.5 Å². The number of carboxylic acids is 1. The zero-order chi connectivity index (χ0) is 15.5. The number of carbonyl (C=O) groups is 1. The molecule has 0 aliphatic carbocycles. The van der Waals surface area contributed by atoms with E-state index in [1.54, 1.807) is 12.1 Å². The summed E-state index contributed by atoms with van der Waals surface area (Å²) in [6.45, 7) is 2.53. The predicted octanol–water partition coefficient (Wildman–Crippen LogP) is 2.12. The monoisotopic (exact) mass is 311 g/mol. The van der Waals surface area contributed by atoms with Crippen molar-refractivity contribution in [3.05, 3.63) is 29.8 Å². The highest BCUT2D eigenvalue weighted by atomic mass is 32.2. The van der Waals surface area contributed by atoms with Gasteiger partial charge in [0, 0.05) is 13.1 Å². The third-order valence-corrected chi connectivity index (χ3v) is 5.71. The van der Waals surface area contributed by atoms with E-state index >= 15 is 0 Å². The zero-order valence-corrected chi connectivity index (χ0v) is 13.0. The summed E-state index contributed by atoms with van der Waals surface area (Å²) in [6, 6.07) is 6.89. The molecule has 0 saturated carbocycles. The maximum absolute atomic E-state index is 12.6. The minimum absolute atomic E-state index is 0.0639. The molecular formula is C15H21NO4S. The standard InChI is InChI=1S/C15H21NO4S/c1-2-4-12-6-8-14(9-7-12)21(19,20)16-10-3-5-13(11-16)15(17)18/h6-9,13H,2-5,10-11H2,1H3,(H,17,18). The second kappa shape index (κ2) is 6.58. The molecule has 0 bridgehead atoms. The number of rotatable bonds is 5. The van der Waals surface area contributed by atoms with Crippen LogP contribution in [0.4, 0.5) is 0 Å². The van der Waals surface area contributed by atoms with Crippen LogP contribution in [0.25, 0.3) is 0 Å². The number of benzene rings is 1. The van der Waals surface area contributed by atoms with Crippen molar-refractivity contribution in [2.45, 2.75) is 37.5 Å². The summed E-state index contributed by atoms with van der Waals surface area (Å²) in [5.41, 5.74) is 1.11. The summed E-state index contributed by atoms with van der Waals surface area (Å²) < 4.78 is 26.4. The number of hydrogen-bond acceptors (Lipinski definition) is 3. The number of sulfonamides is 1. The van der Waals surface area contributed by atoms with Gasteiger partial charge in [0.15, 0.2) is 0 Å². The average molecular weight is 311 g/mol. The number of aliphatic carboxylic acids is 1. The second-order valence-corrected chi connectivity index (χ2v) is 7.37. The normalized spacial score (nSPS) is 20.3. The molecule has 1 fully saturated rings. The van der Waals surface area contributed by atoms with Crippen LogP contribution in [-0.2, 0) is 21.2 Å². The van der Waals surface area contributed by atoms with Crippen molar-refractivity contribution in [2.24, 2.45) is 5.92 Å². The Labute approximate surface area is 125 Å². The molecule has 1 atom stereocenters. The predicted molar refractivity (Wildman–Crippen MR) is 79.6 cm³/mol. The Morgan fingerprint density at radius 3 is 2.57 bits per heavy atom. The Hall–Kier alpha value is -1.40. The number of aryl methyl sites for hydroxylation is 1. The van der Waals surface area contributed by atoms with Crippen molar-refractivity contribution in [1.29, 1.82) is 0 Å². The van der Waals surface area contributed by atoms with Crippen molar-refractivity contribution in [1.82, 2.24) is 4.31 Å². The first-order valence-electron chi connectivity index (χ1n) is 7.27. The number of nitrogens with zero attached hydrogens (tertiary/aromatic N) is 1. The molecule has 1 N–H and O–H groups in total. The van der Waals surface area contributed by atoms with Gasteiger partial charge < -0.3 is 5.11 Å². The molecule has 0 aromatic heterocycles. The topological polar surface area (TPSA) is 74.7 Å². The first-order valence-corrected chi connectivity index (χ1v) is 8.71. The highest BCUT2D eigenvalue weighted by Crippen LogP contribution is 2.24. The van der Waals surface area contributed by atoms with Crippen LogP contribution in [0.2, 0.25) is 0 Å².